The van der Waals surface area contributed by atoms with E-state index < -0.39 is 0 Å². The van der Waals surface area contributed by atoms with Crippen molar-refractivity contribution in [3.8, 4) is 11.4 Å². The maximum atomic E-state index is 5.24. The lowest BCUT2D eigenvalue weighted by Crippen LogP contribution is -2.08. The van der Waals surface area contributed by atoms with E-state index in [-0.39, 0.29) is 5.92 Å². The summed E-state index contributed by atoms with van der Waals surface area (Å²) in [4.78, 5) is 17.5. The minimum Gasteiger partial charge on any atom is -0.369 e. The molecule has 0 unspecified atom stereocenters. The van der Waals surface area contributed by atoms with Gasteiger partial charge in [-0.15, -0.1) is 0 Å². The van der Waals surface area contributed by atoms with E-state index in [4.69, 9.17) is 4.52 Å². The van der Waals surface area contributed by atoms with Crippen molar-refractivity contribution in [2.75, 3.05) is 11.9 Å². The molecular weight excluding hydrogens is 304 g/mol. The molecule has 0 aliphatic carbocycles. The second-order valence-corrected chi connectivity index (χ2v) is 5.84. The number of nitrogens with one attached hydrogen (secondary N) is 1. The van der Waals surface area contributed by atoms with Gasteiger partial charge in [-0.05, 0) is 19.1 Å². The zero-order valence-electron chi connectivity index (χ0n) is 14.0. The van der Waals surface area contributed by atoms with Crippen LogP contribution >= 0.6 is 0 Å². The SMILES string of the molecule is Cc1cc(NCCc2nc(C(C)C)no2)nc(-c2cccnc2)n1. The molecule has 0 aliphatic rings. The smallest absolute Gasteiger partial charge is 0.228 e. The van der Waals surface area contributed by atoms with E-state index in [1.807, 2.05) is 39.0 Å². The molecule has 0 saturated heterocycles. The van der Waals surface area contributed by atoms with Gasteiger partial charge in [-0.25, -0.2) is 9.97 Å². The first-order chi connectivity index (χ1) is 11.6. The van der Waals surface area contributed by atoms with Gasteiger partial charge < -0.3 is 9.84 Å². The third-order valence-corrected chi connectivity index (χ3v) is 3.42. The van der Waals surface area contributed by atoms with Gasteiger partial charge in [0.2, 0.25) is 5.89 Å². The van der Waals surface area contributed by atoms with Crippen LogP contribution < -0.4 is 5.32 Å². The van der Waals surface area contributed by atoms with Gasteiger partial charge >= 0.3 is 0 Å². The molecule has 7 heteroatoms. The maximum Gasteiger partial charge on any atom is 0.228 e. The first kappa shape index (κ1) is 16.0. The van der Waals surface area contributed by atoms with E-state index in [0.29, 0.717) is 24.7 Å². The summed E-state index contributed by atoms with van der Waals surface area (Å²) in [5.74, 6) is 3.06. The number of nitrogens with zero attached hydrogens (tertiary/aromatic N) is 5. The third-order valence-electron chi connectivity index (χ3n) is 3.42. The molecule has 0 atom stereocenters. The molecule has 3 aromatic rings. The van der Waals surface area contributed by atoms with Gasteiger partial charge in [0.15, 0.2) is 11.6 Å². The molecule has 3 aromatic heterocycles. The van der Waals surface area contributed by atoms with Crippen LogP contribution in [0.5, 0.6) is 0 Å². The maximum absolute atomic E-state index is 5.24. The Kier molecular flexibility index (Phi) is 4.79. The monoisotopic (exact) mass is 324 g/mol. The summed E-state index contributed by atoms with van der Waals surface area (Å²) in [5.41, 5.74) is 1.79. The number of aromatic nitrogens is 5. The summed E-state index contributed by atoms with van der Waals surface area (Å²) in [7, 11) is 0. The average molecular weight is 324 g/mol. The highest BCUT2D eigenvalue weighted by Crippen LogP contribution is 2.16. The fourth-order valence-corrected chi connectivity index (χ4v) is 2.18. The molecule has 0 aliphatic heterocycles. The molecule has 0 saturated carbocycles. The summed E-state index contributed by atoms with van der Waals surface area (Å²) in [6.07, 6.45) is 4.13. The van der Waals surface area contributed by atoms with Crippen molar-refractivity contribution in [1.29, 1.82) is 0 Å². The van der Waals surface area contributed by atoms with E-state index in [1.165, 1.54) is 0 Å². The fourth-order valence-electron chi connectivity index (χ4n) is 2.18. The molecule has 7 nitrogen and oxygen atoms in total. The molecule has 3 rings (SSSR count). The lowest BCUT2D eigenvalue weighted by atomic mass is 10.2. The minimum atomic E-state index is 0.266. The Morgan fingerprint density at radius 1 is 1.21 bits per heavy atom. The molecule has 24 heavy (non-hydrogen) atoms. The standard InChI is InChI=1S/C17H20N6O/c1-11(2)16-22-15(24-23-16)6-8-19-14-9-12(3)20-17(21-14)13-5-4-7-18-10-13/h4-5,7,9-11H,6,8H2,1-3H3,(H,19,20,21). The summed E-state index contributed by atoms with van der Waals surface area (Å²) >= 11 is 0. The average Bonchev–Trinajstić information content (AvgIpc) is 3.04. The van der Waals surface area contributed by atoms with Crippen molar-refractivity contribution in [2.24, 2.45) is 0 Å². The normalized spacial score (nSPS) is 11.0. The minimum absolute atomic E-state index is 0.266. The summed E-state index contributed by atoms with van der Waals surface area (Å²) in [6, 6.07) is 5.72. The van der Waals surface area contributed by atoms with Crippen LogP contribution in [0.15, 0.2) is 35.1 Å². The molecule has 0 fully saturated rings. The van der Waals surface area contributed by atoms with Crippen LogP contribution in [0, 0.1) is 6.92 Å². The largest absolute Gasteiger partial charge is 0.369 e. The number of anilines is 1. The van der Waals surface area contributed by atoms with Crippen LogP contribution in [-0.4, -0.2) is 31.6 Å². The molecular formula is C17H20N6O. The Balaban J connectivity index is 1.65. The van der Waals surface area contributed by atoms with Gasteiger partial charge in [-0.2, -0.15) is 4.98 Å². The van der Waals surface area contributed by atoms with E-state index in [0.717, 1.165) is 22.9 Å². The second kappa shape index (κ2) is 7.16. The molecule has 124 valence electrons. The van der Waals surface area contributed by atoms with Crippen LogP contribution in [0.4, 0.5) is 5.82 Å². The number of pyridine rings is 1. The Morgan fingerprint density at radius 3 is 2.79 bits per heavy atom. The Bertz CT molecular complexity index is 800. The Labute approximate surface area is 140 Å². The number of hydrogen-bond acceptors (Lipinski definition) is 7. The fraction of sp³-hybridized carbons (Fsp3) is 0.353. The van der Waals surface area contributed by atoms with Crippen LogP contribution in [0.3, 0.4) is 0 Å². The molecule has 3 heterocycles. The number of hydrogen-bond donors (Lipinski definition) is 1. The highest BCUT2D eigenvalue weighted by molar-refractivity contribution is 5.56. The first-order valence-electron chi connectivity index (χ1n) is 7.94. The Morgan fingerprint density at radius 2 is 2.08 bits per heavy atom. The van der Waals surface area contributed by atoms with Gasteiger partial charge in [0.25, 0.3) is 0 Å². The second-order valence-electron chi connectivity index (χ2n) is 5.84. The predicted octanol–water partition coefficient (Wildman–Crippen LogP) is 3.01. The van der Waals surface area contributed by atoms with Crippen molar-refractivity contribution in [3.63, 3.8) is 0 Å². The first-order valence-corrected chi connectivity index (χ1v) is 7.94. The van der Waals surface area contributed by atoms with Crippen LogP contribution in [-0.2, 0) is 6.42 Å². The summed E-state index contributed by atoms with van der Waals surface area (Å²) in [5, 5.41) is 7.25. The highest BCUT2D eigenvalue weighted by atomic mass is 16.5. The molecule has 0 aromatic carbocycles. The van der Waals surface area contributed by atoms with Crippen molar-refractivity contribution >= 4 is 5.82 Å². The van der Waals surface area contributed by atoms with Crippen molar-refractivity contribution < 1.29 is 4.52 Å². The lowest BCUT2D eigenvalue weighted by Gasteiger charge is -2.07. The van der Waals surface area contributed by atoms with E-state index in [1.54, 1.807) is 12.4 Å². The zero-order valence-corrected chi connectivity index (χ0v) is 14.0. The van der Waals surface area contributed by atoms with Crippen molar-refractivity contribution in [2.45, 2.75) is 33.1 Å². The topological polar surface area (TPSA) is 89.6 Å². The van der Waals surface area contributed by atoms with E-state index in [9.17, 15) is 0 Å². The van der Waals surface area contributed by atoms with E-state index >= 15 is 0 Å². The van der Waals surface area contributed by atoms with Crippen LogP contribution in [0.25, 0.3) is 11.4 Å². The number of aryl methyl sites for hydroxylation is 1. The third kappa shape index (κ3) is 3.92. The predicted molar refractivity (Wildman–Crippen MR) is 90.6 cm³/mol. The quantitative estimate of drug-likeness (QED) is 0.745. The number of rotatable bonds is 6. The van der Waals surface area contributed by atoms with Gasteiger partial charge in [0.1, 0.15) is 5.82 Å². The van der Waals surface area contributed by atoms with Gasteiger partial charge in [-0.3, -0.25) is 4.98 Å². The zero-order chi connectivity index (χ0) is 16.9. The molecule has 0 amide bonds. The van der Waals surface area contributed by atoms with Crippen LogP contribution in [0.2, 0.25) is 0 Å². The lowest BCUT2D eigenvalue weighted by molar-refractivity contribution is 0.373. The van der Waals surface area contributed by atoms with Gasteiger partial charge in [0.05, 0.1) is 0 Å². The molecule has 0 radical (unpaired) electrons. The summed E-state index contributed by atoms with van der Waals surface area (Å²) < 4.78 is 5.24. The molecule has 0 bridgehead atoms. The van der Waals surface area contributed by atoms with Crippen LogP contribution in [0.1, 0.15) is 37.2 Å². The van der Waals surface area contributed by atoms with Gasteiger partial charge in [-0.1, -0.05) is 19.0 Å². The molecule has 1 N–H and O–H groups in total. The summed E-state index contributed by atoms with van der Waals surface area (Å²) in [6.45, 7) is 6.68. The van der Waals surface area contributed by atoms with Crippen molar-refractivity contribution in [3.05, 3.63) is 48.0 Å². The molecule has 0 spiro atoms. The Hall–Kier alpha value is -2.83. The highest BCUT2D eigenvalue weighted by Gasteiger charge is 2.10. The van der Waals surface area contributed by atoms with E-state index in [2.05, 4.69) is 30.4 Å². The van der Waals surface area contributed by atoms with Crippen molar-refractivity contribution in [1.82, 2.24) is 25.1 Å². The van der Waals surface area contributed by atoms with Gasteiger partial charge in [0, 0.05) is 48.6 Å².